The fraction of sp³-hybridized carbons (Fsp3) is 0.550. The van der Waals surface area contributed by atoms with Crippen LogP contribution in [0.15, 0.2) is 30.6 Å². The van der Waals surface area contributed by atoms with Crippen molar-refractivity contribution in [1.29, 1.82) is 0 Å². The Labute approximate surface area is 172 Å². The van der Waals surface area contributed by atoms with Gasteiger partial charge in [0.15, 0.2) is 0 Å². The van der Waals surface area contributed by atoms with E-state index in [-0.39, 0.29) is 0 Å². The molecule has 1 aliphatic carbocycles. The summed E-state index contributed by atoms with van der Waals surface area (Å²) < 4.78 is 39.4. The van der Waals surface area contributed by atoms with Crippen LogP contribution in [0, 0.1) is 5.92 Å². The molecule has 7 nitrogen and oxygen atoms in total. The van der Waals surface area contributed by atoms with Crippen LogP contribution < -0.4 is 0 Å². The van der Waals surface area contributed by atoms with Gasteiger partial charge in [0.1, 0.15) is 0 Å². The average molecular weight is 426 g/mol. The summed E-state index contributed by atoms with van der Waals surface area (Å²) >= 11 is 0. The molecule has 0 amide bonds. The Hall–Kier alpha value is -2.46. The zero-order chi connectivity index (χ0) is 21.7. The second-order valence-corrected chi connectivity index (χ2v) is 7.64. The van der Waals surface area contributed by atoms with E-state index in [1.54, 1.807) is 7.11 Å². The van der Waals surface area contributed by atoms with Crippen molar-refractivity contribution in [1.82, 2.24) is 19.7 Å². The van der Waals surface area contributed by atoms with Crippen molar-refractivity contribution in [3.05, 3.63) is 47.5 Å². The van der Waals surface area contributed by atoms with Crippen LogP contribution in [-0.4, -0.2) is 57.2 Å². The highest BCUT2D eigenvalue weighted by Gasteiger charge is 2.38. The average Bonchev–Trinajstić information content (AvgIpc) is 3.39. The van der Waals surface area contributed by atoms with Gasteiger partial charge in [-0.2, -0.15) is 18.3 Å². The van der Waals surface area contributed by atoms with Gasteiger partial charge in [-0.3, -0.25) is 14.6 Å². The highest BCUT2D eigenvalue weighted by molar-refractivity contribution is 5.73. The Kier molecular flexibility index (Phi) is 7.09. The number of halogens is 3. The lowest BCUT2D eigenvalue weighted by Crippen LogP contribution is -2.34. The summed E-state index contributed by atoms with van der Waals surface area (Å²) in [6.45, 7) is 4.61. The number of aliphatic carboxylic acids is 1. The van der Waals surface area contributed by atoms with E-state index < -0.39 is 12.1 Å². The fourth-order valence-corrected chi connectivity index (χ4v) is 3.47. The molecule has 2 aromatic heterocycles. The van der Waals surface area contributed by atoms with Gasteiger partial charge < -0.3 is 9.84 Å². The quantitative estimate of drug-likeness (QED) is 0.765. The summed E-state index contributed by atoms with van der Waals surface area (Å²) in [5.74, 6) is -1.50. The molecule has 164 valence electrons. The first-order valence-corrected chi connectivity index (χ1v) is 9.73. The van der Waals surface area contributed by atoms with E-state index in [2.05, 4.69) is 32.9 Å². The molecule has 0 radical (unpaired) electrons. The second kappa shape index (κ2) is 9.57. The maximum Gasteiger partial charge on any atom is 0.490 e. The summed E-state index contributed by atoms with van der Waals surface area (Å²) in [5.41, 5.74) is 3.71. The molecule has 4 rings (SSSR count). The number of hydrogen-bond donors (Lipinski definition) is 1. The number of alkyl halides is 3. The van der Waals surface area contributed by atoms with Gasteiger partial charge in [0, 0.05) is 57.2 Å². The summed E-state index contributed by atoms with van der Waals surface area (Å²) in [6, 6.07) is 6.10. The number of nitrogens with zero attached hydrogens (tertiary/aromatic N) is 4. The molecule has 10 heteroatoms. The van der Waals surface area contributed by atoms with Crippen LogP contribution in [0.2, 0.25) is 0 Å². The molecular formula is C20H25F3N4O3. The number of rotatable bonds is 6. The number of aromatic nitrogens is 3. The number of methoxy groups -OCH3 is 1. The number of carbonyl (C=O) groups is 1. The molecule has 3 heterocycles. The predicted octanol–water partition coefficient (Wildman–Crippen LogP) is 3.07. The van der Waals surface area contributed by atoms with Crippen molar-refractivity contribution in [2.75, 3.05) is 20.3 Å². The van der Waals surface area contributed by atoms with Gasteiger partial charge in [-0.05, 0) is 30.9 Å². The molecular weight excluding hydrogens is 401 g/mol. The number of fused-ring (bicyclic) bond motifs is 1. The maximum atomic E-state index is 10.6. The summed E-state index contributed by atoms with van der Waals surface area (Å²) in [6.07, 6.45) is 1.76. The predicted molar refractivity (Wildman–Crippen MR) is 102 cm³/mol. The summed E-state index contributed by atoms with van der Waals surface area (Å²) in [7, 11) is 1.78. The van der Waals surface area contributed by atoms with Gasteiger partial charge in [-0.1, -0.05) is 6.07 Å². The van der Waals surface area contributed by atoms with Gasteiger partial charge >= 0.3 is 12.1 Å². The van der Waals surface area contributed by atoms with E-state index in [1.807, 2.05) is 12.3 Å². The highest BCUT2D eigenvalue weighted by atomic mass is 19.4. The van der Waals surface area contributed by atoms with Crippen LogP contribution in [-0.2, 0) is 29.2 Å². The number of pyridine rings is 1. The normalized spacial score (nSPS) is 19.0. The van der Waals surface area contributed by atoms with Crippen LogP contribution in [0.5, 0.6) is 0 Å². The number of hydrogen-bond acceptors (Lipinski definition) is 5. The molecule has 1 saturated carbocycles. The van der Waals surface area contributed by atoms with E-state index in [9.17, 15) is 13.2 Å². The molecule has 1 N–H and O–H groups in total. The Morgan fingerprint density at radius 2 is 2.07 bits per heavy atom. The Morgan fingerprint density at radius 3 is 2.63 bits per heavy atom. The van der Waals surface area contributed by atoms with Gasteiger partial charge in [0.25, 0.3) is 0 Å². The van der Waals surface area contributed by atoms with Crippen molar-refractivity contribution in [3.8, 4) is 0 Å². The molecule has 0 spiro atoms. The van der Waals surface area contributed by atoms with Crippen LogP contribution in [0.3, 0.4) is 0 Å². The van der Waals surface area contributed by atoms with E-state index in [4.69, 9.17) is 19.7 Å². The maximum absolute atomic E-state index is 10.6. The Balaban J connectivity index is 0.000000318. The second-order valence-electron chi connectivity index (χ2n) is 7.64. The molecule has 1 fully saturated rings. The van der Waals surface area contributed by atoms with Crippen LogP contribution in [0.1, 0.15) is 35.7 Å². The summed E-state index contributed by atoms with van der Waals surface area (Å²) in [4.78, 5) is 15.8. The van der Waals surface area contributed by atoms with Crippen molar-refractivity contribution < 1.29 is 27.8 Å². The lowest BCUT2D eigenvalue weighted by molar-refractivity contribution is -0.192. The van der Waals surface area contributed by atoms with Gasteiger partial charge in [0.2, 0.25) is 0 Å². The number of carboxylic acid groups (broad SMARTS) is 1. The molecule has 2 aromatic rings. The smallest absolute Gasteiger partial charge is 0.475 e. The zero-order valence-electron chi connectivity index (χ0n) is 16.7. The molecule has 1 aliphatic heterocycles. The van der Waals surface area contributed by atoms with Crippen LogP contribution in [0.25, 0.3) is 0 Å². The third-order valence-corrected chi connectivity index (χ3v) is 5.03. The lowest BCUT2D eigenvalue weighted by atomic mass is 9.95. The summed E-state index contributed by atoms with van der Waals surface area (Å²) in [5, 5.41) is 12.0. The van der Waals surface area contributed by atoms with Crippen LogP contribution in [0.4, 0.5) is 13.2 Å². The minimum absolute atomic E-state index is 0.403. The molecule has 0 bridgehead atoms. The fourth-order valence-electron chi connectivity index (χ4n) is 3.47. The largest absolute Gasteiger partial charge is 0.490 e. The zero-order valence-corrected chi connectivity index (χ0v) is 16.7. The van der Waals surface area contributed by atoms with Gasteiger partial charge in [0.05, 0.1) is 18.0 Å². The Morgan fingerprint density at radius 1 is 1.33 bits per heavy atom. The van der Waals surface area contributed by atoms with Gasteiger partial charge in [-0.15, -0.1) is 0 Å². The first-order chi connectivity index (χ1) is 14.3. The van der Waals surface area contributed by atoms with Crippen molar-refractivity contribution >= 4 is 5.97 Å². The number of carboxylic acids is 1. The van der Waals surface area contributed by atoms with Crippen molar-refractivity contribution in [2.45, 2.75) is 44.6 Å². The van der Waals surface area contributed by atoms with Gasteiger partial charge in [-0.25, -0.2) is 4.79 Å². The molecule has 1 atom stereocenters. The minimum Gasteiger partial charge on any atom is -0.475 e. The standard InChI is InChI=1S/C18H24N4O.C2HF3O2/c1-23-13-15-9-21(10-16-4-2-3-7-19-16)12-18-17(15)11-22(20-18)8-14-5-6-14;3-2(4,5)1(6)7/h2-4,7,11,14-15H,5-6,8-10,12-13H2,1H3;(H,6,7). The molecule has 2 aliphatic rings. The molecule has 0 saturated heterocycles. The minimum atomic E-state index is -5.08. The first kappa shape index (κ1) is 22.2. The highest BCUT2D eigenvalue weighted by Crippen LogP contribution is 2.33. The van der Waals surface area contributed by atoms with E-state index in [0.29, 0.717) is 5.92 Å². The van der Waals surface area contributed by atoms with E-state index >= 15 is 0 Å². The first-order valence-electron chi connectivity index (χ1n) is 9.73. The molecule has 0 aromatic carbocycles. The molecule has 30 heavy (non-hydrogen) atoms. The van der Waals surface area contributed by atoms with Crippen molar-refractivity contribution in [2.24, 2.45) is 5.92 Å². The molecule has 1 unspecified atom stereocenters. The Bertz CT molecular complexity index is 838. The number of ether oxygens (including phenoxy) is 1. The van der Waals surface area contributed by atoms with Crippen molar-refractivity contribution in [3.63, 3.8) is 0 Å². The monoisotopic (exact) mass is 426 g/mol. The van der Waals surface area contributed by atoms with E-state index in [1.165, 1.54) is 24.1 Å². The third kappa shape index (κ3) is 6.27. The lowest BCUT2D eigenvalue weighted by Gasteiger charge is -2.31. The topological polar surface area (TPSA) is 80.5 Å². The third-order valence-electron chi connectivity index (χ3n) is 5.03. The van der Waals surface area contributed by atoms with Crippen LogP contribution >= 0.6 is 0 Å². The SMILES string of the molecule is COCC1CN(Cc2ccccn2)Cc2nn(CC3CC3)cc21.O=C(O)C(F)(F)F. The van der Waals surface area contributed by atoms with E-state index in [0.717, 1.165) is 44.4 Å².